The molecule has 21 heavy (non-hydrogen) atoms. The van der Waals surface area contributed by atoms with Gasteiger partial charge in [0.15, 0.2) is 0 Å². The average Bonchev–Trinajstić information content (AvgIpc) is 2.96. The van der Waals surface area contributed by atoms with Crippen LogP contribution in [-0.4, -0.2) is 15.0 Å². The molecule has 0 aliphatic heterocycles. The highest BCUT2D eigenvalue weighted by Gasteiger charge is 2.39. The molecule has 1 aromatic rings. The lowest BCUT2D eigenvalue weighted by atomic mass is 9.89. The Labute approximate surface area is 135 Å². The number of hydrogen-bond acceptors (Lipinski definition) is 3. The number of hydrogen-bond donors (Lipinski definition) is 2. The fourth-order valence-electron chi connectivity index (χ4n) is 3.78. The van der Waals surface area contributed by atoms with Crippen molar-refractivity contribution in [3.63, 3.8) is 0 Å². The molecule has 3 N–H and O–H groups in total. The highest BCUT2D eigenvalue weighted by Crippen LogP contribution is 2.48. The Morgan fingerprint density at radius 3 is 2.57 bits per heavy atom. The number of nitrogens with two attached hydrogens (primary N) is 1. The number of fused-ring (bicyclic) bond motifs is 2. The van der Waals surface area contributed by atoms with Gasteiger partial charge in [0.2, 0.25) is 10.0 Å². The number of halogens is 2. The molecule has 7 heteroatoms. The third-order valence-electron chi connectivity index (χ3n) is 4.73. The molecule has 2 fully saturated rings. The highest BCUT2D eigenvalue weighted by atomic mass is 35.5. The maximum Gasteiger partial charge on any atom is 0.244 e. The molecule has 2 aliphatic rings. The molecule has 0 radical (unpaired) electrons. The fraction of sp³-hybridized carbons (Fsp3) is 0.571. The van der Waals surface area contributed by atoms with Gasteiger partial charge in [-0.15, -0.1) is 0 Å². The first-order valence-electron chi connectivity index (χ1n) is 7.11. The molecule has 3 unspecified atom stereocenters. The number of sulfonamides is 1. The molecule has 3 rings (SSSR count). The van der Waals surface area contributed by atoms with Gasteiger partial charge in [-0.2, -0.15) is 0 Å². The van der Waals surface area contributed by atoms with Crippen molar-refractivity contribution in [1.82, 2.24) is 4.72 Å². The Morgan fingerprint density at radius 1 is 1.24 bits per heavy atom. The lowest BCUT2D eigenvalue weighted by molar-refractivity contribution is 0.333. The minimum atomic E-state index is -3.71. The zero-order chi connectivity index (χ0) is 15.2. The summed E-state index contributed by atoms with van der Waals surface area (Å²) in [5, 5.41) is 0.380. The Bertz CT molecular complexity index is 640. The van der Waals surface area contributed by atoms with Crippen molar-refractivity contribution in [3.8, 4) is 0 Å². The Balaban J connectivity index is 1.75. The molecular formula is C14H18Cl2N2O2S. The van der Waals surface area contributed by atoms with Gasteiger partial charge >= 0.3 is 0 Å². The van der Waals surface area contributed by atoms with Gasteiger partial charge in [0.05, 0.1) is 10.7 Å². The van der Waals surface area contributed by atoms with Crippen LogP contribution in [0.25, 0.3) is 0 Å². The maximum absolute atomic E-state index is 12.4. The van der Waals surface area contributed by atoms with Gasteiger partial charge in [-0.3, -0.25) is 0 Å². The number of nitrogens with one attached hydrogen (secondary N) is 1. The Hall–Kier alpha value is -0.490. The summed E-state index contributed by atoms with van der Waals surface area (Å²) in [6, 6.07) is 2.80. The second-order valence-electron chi connectivity index (χ2n) is 6.09. The van der Waals surface area contributed by atoms with Crippen LogP contribution in [0.3, 0.4) is 0 Å². The first kappa shape index (κ1) is 15.4. The summed E-state index contributed by atoms with van der Waals surface area (Å²) in [5.74, 6) is 1.88. The number of nitrogen functional groups attached to an aromatic ring is 1. The fourth-order valence-corrected chi connectivity index (χ4v) is 5.86. The van der Waals surface area contributed by atoms with Gasteiger partial charge in [0, 0.05) is 11.6 Å². The average molecular weight is 349 g/mol. The van der Waals surface area contributed by atoms with E-state index in [4.69, 9.17) is 28.9 Å². The van der Waals surface area contributed by atoms with Crippen LogP contribution in [0.4, 0.5) is 5.69 Å². The zero-order valence-corrected chi connectivity index (χ0v) is 13.8. The summed E-state index contributed by atoms with van der Waals surface area (Å²) < 4.78 is 27.5. The minimum Gasteiger partial charge on any atom is -0.398 e. The second-order valence-corrected chi connectivity index (χ2v) is 8.64. The van der Waals surface area contributed by atoms with E-state index < -0.39 is 10.0 Å². The van der Waals surface area contributed by atoms with Gasteiger partial charge in [0.25, 0.3) is 0 Å². The minimum absolute atomic E-state index is 0.0560. The molecule has 0 amide bonds. The molecule has 2 saturated carbocycles. The molecule has 4 nitrogen and oxygen atoms in total. The van der Waals surface area contributed by atoms with Crippen molar-refractivity contribution in [2.24, 2.45) is 17.8 Å². The van der Waals surface area contributed by atoms with Crippen molar-refractivity contribution in [3.05, 3.63) is 22.2 Å². The van der Waals surface area contributed by atoms with Crippen molar-refractivity contribution in [2.45, 2.75) is 30.6 Å². The van der Waals surface area contributed by atoms with E-state index in [-0.39, 0.29) is 15.6 Å². The summed E-state index contributed by atoms with van der Waals surface area (Å²) in [4.78, 5) is -0.0725. The van der Waals surface area contributed by atoms with Crippen LogP contribution in [0.1, 0.15) is 25.7 Å². The highest BCUT2D eigenvalue weighted by molar-refractivity contribution is 7.89. The molecule has 0 spiro atoms. The van der Waals surface area contributed by atoms with E-state index in [1.165, 1.54) is 31.4 Å². The normalized spacial score (nSPS) is 28.2. The summed E-state index contributed by atoms with van der Waals surface area (Å²) in [6.07, 6.45) is 4.89. The van der Waals surface area contributed by atoms with Gasteiger partial charge in [-0.05, 0) is 49.1 Å². The molecule has 3 atom stereocenters. The lowest BCUT2D eigenvalue weighted by Gasteiger charge is -2.22. The zero-order valence-electron chi connectivity index (χ0n) is 11.5. The van der Waals surface area contributed by atoms with Crippen LogP contribution in [0, 0.1) is 17.8 Å². The molecule has 1 aromatic carbocycles. The first-order valence-corrected chi connectivity index (χ1v) is 9.35. The summed E-state index contributed by atoms with van der Waals surface area (Å²) >= 11 is 11.8. The van der Waals surface area contributed by atoms with E-state index in [9.17, 15) is 8.42 Å². The van der Waals surface area contributed by atoms with Crippen molar-refractivity contribution in [1.29, 1.82) is 0 Å². The van der Waals surface area contributed by atoms with E-state index in [0.29, 0.717) is 23.4 Å². The summed E-state index contributed by atoms with van der Waals surface area (Å²) in [5.41, 5.74) is 5.84. The SMILES string of the molecule is Nc1cc(Cl)cc(Cl)c1S(=O)(=O)NCC1CC2CCC1C2. The lowest BCUT2D eigenvalue weighted by Crippen LogP contribution is -2.32. The van der Waals surface area contributed by atoms with Crippen molar-refractivity contribution >= 4 is 38.9 Å². The molecule has 2 bridgehead atoms. The molecule has 0 aromatic heterocycles. The Morgan fingerprint density at radius 2 is 2.00 bits per heavy atom. The van der Waals surface area contributed by atoms with Crippen molar-refractivity contribution < 1.29 is 8.42 Å². The van der Waals surface area contributed by atoms with Crippen molar-refractivity contribution in [2.75, 3.05) is 12.3 Å². The standard InChI is InChI=1S/C14H18Cl2N2O2S/c15-11-5-12(16)14(13(17)6-11)21(19,20)18-7-10-4-8-1-2-9(10)3-8/h5-6,8-10,18H,1-4,7,17H2. The number of benzene rings is 1. The second kappa shape index (κ2) is 5.61. The first-order chi connectivity index (χ1) is 9.87. The Kier molecular flexibility index (Phi) is 4.12. The largest absolute Gasteiger partial charge is 0.398 e. The van der Waals surface area contributed by atoms with E-state index in [0.717, 1.165) is 12.3 Å². The van der Waals surface area contributed by atoms with Crippen LogP contribution in [-0.2, 0) is 10.0 Å². The third-order valence-corrected chi connectivity index (χ3v) is 6.89. The molecule has 116 valence electrons. The van der Waals surface area contributed by atoms with Gasteiger partial charge in [-0.1, -0.05) is 29.6 Å². The summed E-state index contributed by atoms with van der Waals surface area (Å²) in [7, 11) is -3.71. The maximum atomic E-state index is 12.4. The molecular weight excluding hydrogens is 331 g/mol. The predicted molar refractivity (Wildman–Crippen MR) is 85.0 cm³/mol. The number of rotatable bonds is 4. The van der Waals surface area contributed by atoms with Crippen LogP contribution in [0.5, 0.6) is 0 Å². The van der Waals surface area contributed by atoms with E-state index in [2.05, 4.69) is 4.72 Å². The monoisotopic (exact) mass is 348 g/mol. The van der Waals surface area contributed by atoms with E-state index >= 15 is 0 Å². The summed E-state index contributed by atoms with van der Waals surface area (Å²) in [6.45, 7) is 0.460. The predicted octanol–water partition coefficient (Wildman–Crippen LogP) is 3.29. The van der Waals surface area contributed by atoms with Crippen LogP contribution in [0.2, 0.25) is 10.0 Å². The van der Waals surface area contributed by atoms with E-state index in [1.54, 1.807) is 0 Å². The topological polar surface area (TPSA) is 72.2 Å². The van der Waals surface area contributed by atoms with E-state index in [1.807, 2.05) is 0 Å². The third kappa shape index (κ3) is 3.02. The molecule has 2 aliphatic carbocycles. The van der Waals surface area contributed by atoms with Gasteiger partial charge in [0.1, 0.15) is 4.90 Å². The van der Waals surface area contributed by atoms with Gasteiger partial charge < -0.3 is 5.73 Å². The molecule has 0 heterocycles. The number of anilines is 1. The quantitative estimate of drug-likeness (QED) is 0.820. The van der Waals surface area contributed by atoms with Gasteiger partial charge in [-0.25, -0.2) is 13.1 Å². The van der Waals surface area contributed by atoms with Crippen LogP contribution >= 0.6 is 23.2 Å². The molecule has 0 saturated heterocycles. The van der Waals surface area contributed by atoms with Crippen LogP contribution < -0.4 is 10.5 Å². The smallest absolute Gasteiger partial charge is 0.244 e. The van der Waals surface area contributed by atoms with Crippen LogP contribution in [0.15, 0.2) is 17.0 Å².